The van der Waals surface area contributed by atoms with Crippen LogP contribution in [-0.2, 0) is 23.9 Å². The summed E-state index contributed by atoms with van der Waals surface area (Å²) in [6, 6.07) is 3.49. The van der Waals surface area contributed by atoms with Gasteiger partial charge in [0.1, 0.15) is 23.1 Å². The highest BCUT2D eigenvalue weighted by Gasteiger charge is 2.52. The molecule has 13 heteroatoms. The van der Waals surface area contributed by atoms with E-state index in [0.717, 1.165) is 30.7 Å². The van der Waals surface area contributed by atoms with Gasteiger partial charge < -0.3 is 19.3 Å². The van der Waals surface area contributed by atoms with Crippen LogP contribution in [0.1, 0.15) is 80.5 Å². The summed E-state index contributed by atoms with van der Waals surface area (Å²) in [6.07, 6.45) is 2.84. The lowest BCUT2D eigenvalue weighted by Crippen LogP contribution is -2.58. The topological polar surface area (TPSA) is 146 Å². The molecule has 248 valence electrons. The summed E-state index contributed by atoms with van der Waals surface area (Å²) >= 11 is 0. The zero-order valence-electron chi connectivity index (χ0n) is 27.1. The van der Waals surface area contributed by atoms with Crippen LogP contribution in [0.15, 0.2) is 30.5 Å². The number of esters is 1. The number of hydrogen-bond acceptors (Lipinski definition) is 10. The number of carbonyl (C=O) groups excluding carboxylic acids is 6. The second-order valence-electron chi connectivity index (χ2n) is 13.4. The van der Waals surface area contributed by atoms with Gasteiger partial charge in [-0.3, -0.25) is 39.1 Å². The number of benzene rings is 1. The number of imide groups is 2. The first-order valence-electron chi connectivity index (χ1n) is 15.9. The Kier molecular flexibility index (Phi) is 9.26. The van der Waals surface area contributed by atoms with Crippen molar-refractivity contribution in [3.05, 3.63) is 41.6 Å². The number of piperazine rings is 1. The average molecular weight is 638 g/mol. The lowest BCUT2D eigenvalue weighted by molar-refractivity contribution is -0.152. The van der Waals surface area contributed by atoms with Crippen LogP contribution < -0.4 is 10.1 Å². The van der Waals surface area contributed by atoms with Crippen LogP contribution >= 0.6 is 0 Å². The van der Waals surface area contributed by atoms with Crippen LogP contribution in [0.25, 0.3) is 0 Å². The number of piperidine rings is 1. The third kappa shape index (κ3) is 6.79. The minimum atomic E-state index is -1.09. The van der Waals surface area contributed by atoms with Gasteiger partial charge in [0.15, 0.2) is 6.61 Å². The highest BCUT2D eigenvalue weighted by molar-refractivity contribution is 6.24. The van der Waals surface area contributed by atoms with Crippen molar-refractivity contribution in [1.82, 2.24) is 24.9 Å². The standard InChI is InChI=1S/C33H43N5O8/c1-6-14-35(21(2)31(44)46-32(3,4)5)15-17-37-18-16-36(20-33(37)12-13-33)26(40)19-45-24-9-7-8-22-27(24)30(43)38(29(22)42)23-10-11-25(39)34-28(23)41/h7-9,23H,2,6,10-20H2,1,3-5H3,(H,34,39,41). The molecule has 0 radical (unpaired) electrons. The summed E-state index contributed by atoms with van der Waals surface area (Å²) in [4.78, 5) is 83.4. The first kappa shape index (κ1) is 33.1. The van der Waals surface area contributed by atoms with E-state index in [2.05, 4.69) is 23.7 Å². The van der Waals surface area contributed by atoms with Crippen LogP contribution in [0.2, 0.25) is 0 Å². The predicted octanol–water partition coefficient (Wildman–Crippen LogP) is 1.71. The van der Waals surface area contributed by atoms with Gasteiger partial charge in [-0.1, -0.05) is 19.6 Å². The predicted molar refractivity (Wildman–Crippen MR) is 166 cm³/mol. The van der Waals surface area contributed by atoms with Gasteiger partial charge in [-0.05, 0) is 58.6 Å². The monoisotopic (exact) mass is 637 g/mol. The molecule has 13 nitrogen and oxygen atoms in total. The van der Waals surface area contributed by atoms with E-state index >= 15 is 0 Å². The Labute approximate surface area is 268 Å². The molecule has 4 aliphatic rings. The van der Waals surface area contributed by atoms with E-state index < -0.39 is 41.2 Å². The molecule has 3 aliphatic heterocycles. The van der Waals surface area contributed by atoms with Gasteiger partial charge in [0, 0.05) is 51.2 Å². The largest absolute Gasteiger partial charge is 0.483 e. The molecular formula is C33H43N5O8. The summed E-state index contributed by atoms with van der Waals surface area (Å²) in [7, 11) is 0. The molecule has 0 bridgehead atoms. The summed E-state index contributed by atoms with van der Waals surface area (Å²) < 4.78 is 11.4. The molecule has 5 amide bonds. The highest BCUT2D eigenvalue weighted by atomic mass is 16.6. The maximum atomic E-state index is 13.3. The number of amides is 5. The number of carbonyl (C=O) groups is 6. The smallest absolute Gasteiger partial charge is 0.354 e. The Balaban J connectivity index is 1.17. The normalized spacial score (nSPS) is 20.8. The summed E-state index contributed by atoms with van der Waals surface area (Å²) in [5.74, 6) is -3.01. The fraction of sp³-hybridized carbons (Fsp3) is 0.576. The fourth-order valence-corrected chi connectivity index (χ4v) is 6.39. The van der Waals surface area contributed by atoms with Crippen molar-refractivity contribution in [2.75, 3.05) is 45.9 Å². The number of nitrogens with one attached hydrogen (secondary N) is 1. The van der Waals surface area contributed by atoms with Crippen molar-refractivity contribution >= 4 is 35.5 Å². The van der Waals surface area contributed by atoms with Crippen molar-refractivity contribution in [2.45, 2.75) is 77.0 Å². The SMILES string of the molecule is C=C(C(=O)OC(C)(C)C)N(CCC)CCN1CCN(C(=O)COc2cccc3c2C(=O)N(C2CCC(=O)NC2=O)C3=O)CC12CC2. The molecule has 0 aromatic heterocycles. The number of fused-ring (bicyclic) bond motifs is 1. The van der Waals surface area contributed by atoms with E-state index in [0.29, 0.717) is 38.4 Å². The Bertz CT molecular complexity index is 1460. The summed E-state index contributed by atoms with van der Waals surface area (Å²) in [6.45, 7) is 15.0. The minimum Gasteiger partial charge on any atom is -0.483 e. The molecule has 1 saturated carbocycles. The van der Waals surface area contributed by atoms with Gasteiger partial charge in [0.05, 0.1) is 11.1 Å². The molecular weight excluding hydrogens is 594 g/mol. The number of ether oxygens (including phenoxy) is 2. The van der Waals surface area contributed by atoms with Crippen LogP contribution in [0, 0.1) is 0 Å². The van der Waals surface area contributed by atoms with Crippen molar-refractivity contribution in [1.29, 1.82) is 0 Å². The second-order valence-corrected chi connectivity index (χ2v) is 13.4. The zero-order valence-corrected chi connectivity index (χ0v) is 27.1. The summed E-state index contributed by atoms with van der Waals surface area (Å²) in [5.41, 5.74) is -0.278. The van der Waals surface area contributed by atoms with Crippen molar-refractivity contribution in [2.24, 2.45) is 0 Å². The lowest BCUT2D eigenvalue weighted by Gasteiger charge is -2.43. The molecule has 1 aromatic carbocycles. The average Bonchev–Trinajstić information content (AvgIpc) is 3.71. The molecule has 1 spiro atoms. The van der Waals surface area contributed by atoms with Gasteiger partial charge in [0.2, 0.25) is 11.8 Å². The van der Waals surface area contributed by atoms with Gasteiger partial charge in [-0.15, -0.1) is 0 Å². The molecule has 1 N–H and O–H groups in total. The van der Waals surface area contributed by atoms with Gasteiger partial charge >= 0.3 is 5.97 Å². The lowest BCUT2D eigenvalue weighted by atomic mass is 10.0. The van der Waals surface area contributed by atoms with E-state index in [1.807, 2.05) is 25.7 Å². The van der Waals surface area contributed by atoms with Crippen molar-refractivity contribution in [3.8, 4) is 5.75 Å². The molecule has 1 atom stereocenters. The Morgan fingerprint density at radius 3 is 2.48 bits per heavy atom. The molecule has 3 fully saturated rings. The van der Waals surface area contributed by atoms with Gasteiger partial charge in [0.25, 0.3) is 17.7 Å². The minimum absolute atomic E-state index is 0.0121. The van der Waals surface area contributed by atoms with E-state index in [-0.39, 0.29) is 47.8 Å². The first-order valence-corrected chi connectivity index (χ1v) is 15.9. The van der Waals surface area contributed by atoms with Crippen LogP contribution in [-0.4, -0.2) is 118 Å². The maximum absolute atomic E-state index is 13.3. The van der Waals surface area contributed by atoms with Crippen LogP contribution in [0.5, 0.6) is 5.75 Å². The van der Waals surface area contributed by atoms with E-state index in [1.54, 1.807) is 11.0 Å². The zero-order chi connectivity index (χ0) is 33.4. The molecule has 5 rings (SSSR count). The van der Waals surface area contributed by atoms with E-state index in [4.69, 9.17) is 9.47 Å². The Morgan fingerprint density at radius 2 is 1.83 bits per heavy atom. The Hall–Kier alpha value is -4.26. The molecule has 3 heterocycles. The third-order valence-electron chi connectivity index (χ3n) is 8.91. The molecule has 1 aromatic rings. The molecule has 2 saturated heterocycles. The van der Waals surface area contributed by atoms with Crippen LogP contribution in [0.4, 0.5) is 0 Å². The van der Waals surface area contributed by atoms with E-state index in [1.165, 1.54) is 12.1 Å². The second kappa shape index (κ2) is 12.9. The van der Waals surface area contributed by atoms with Crippen molar-refractivity contribution in [3.63, 3.8) is 0 Å². The number of rotatable bonds is 11. The molecule has 1 aliphatic carbocycles. The fourth-order valence-electron chi connectivity index (χ4n) is 6.39. The van der Waals surface area contributed by atoms with Gasteiger partial charge in [-0.25, -0.2) is 4.79 Å². The first-order chi connectivity index (χ1) is 21.7. The molecule has 1 unspecified atom stereocenters. The summed E-state index contributed by atoms with van der Waals surface area (Å²) in [5, 5.41) is 2.18. The quantitative estimate of drug-likeness (QED) is 0.216. The van der Waals surface area contributed by atoms with Crippen molar-refractivity contribution < 1.29 is 38.2 Å². The highest BCUT2D eigenvalue weighted by Crippen LogP contribution is 2.44. The number of nitrogens with zero attached hydrogens (tertiary/aromatic N) is 4. The molecule has 46 heavy (non-hydrogen) atoms. The third-order valence-corrected chi connectivity index (χ3v) is 8.91. The number of hydrogen-bond donors (Lipinski definition) is 1. The van der Waals surface area contributed by atoms with Gasteiger partial charge in [-0.2, -0.15) is 0 Å². The van der Waals surface area contributed by atoms with Crippen LogP contribution in [0.3, 0.4) is 0 Å². The van der Waals surface area contributed by atoms with E-state index in [9.17, 15) is 28.8 Å². The maximum Gasteiger partial charge on any atom is 0.354 e. The Morgan fingerprint density at radius 1 is 1.09 bits per heavy atom.